The number of benzene rings is 1. The van der Waals surface area contributed by atoms with Crippen LogP contribution in [-0.4, -0.2) is 39.1 Å². The van der Waals surface area contributed by atoms with Crippen LogP contribution in [0.25, 0.3) is 0 Å². The Morgan fingerprint density at radius 1 is 1.16 bits per heavy atom. The van der Waals surface area contributed by atoms with Gasteiger partial charge in [0.2, 0.25) is 5.91 Å². The number of hydrogen-bond acceptors (Lipinski definition) is 4. The molecule has 0 radical (unpaired) electrons. The molecular formula is C13H18N2O4. The van der Waals surface area contributed by atoms with Crippen molar-refractivity contribution in [1.82, 2.24) is 10.6 Å². The minimum atomic E-state index is -0.387. The summed E-state index contributed by atoms with van der Waals surface area (Å²) in [5.41, 5.74) is 0.325. The predicted octanol–water partition coefficient (Wildman–Crippen LogP) is 0.570. The molecule has 0 atom stereocenters. The molecule has 0 aliphatic heterocycles. The van der Waals surface area contributed by atoms with Crippen molar-refractivity contribution in [2.24, 2.45) is 0 Å². The first kappa shape index (κ1) is 14.8. The van der Waals surface area contributed by atoms with E-state index in [2.05, 4.69) is 10.6 Å². The highest BCUT2D eigenvalue weighted by atomic mass is 16.5. The Bertz CT molecular complexity index is 460. The maximum atomic E-state index is 12.0. The second-order valence-corrected chi connectivity index (χ2v) is 3.70. The summed E-state index contributed by atoms with van der Waals surface area (Å²) in [5, 5.41) is 5.12. The van der Waals surface area contributed by atoms with Gasteiger partial charge in [0.05, 0.1) is 26.3 Å². The summed E-state index contributed by atoms with van der Waals surface area (Å²) in [6, 6.07) is 4.89. The topological polar surface area (TPSA) is 76.7 Å². The minimum Gasteiger partial charge on any atom is -0.497 e. The number of carbonyl (C=O) groups excluding carboxylic acids is 2. The van der Waals surface area contributed by atoms with E-state index in [1.165, 1.54) is 14.2 Å². The molecule has 0 spiro atoms. The van der Waals surface area contributed by atoms with Gasteiger partial charge < -0.3 is 20.1 Å². The molecule has 0 aromatic heterocycles. The number of carbonyl (C=O) groups is 2. The van der Waals surface area contributed by atoms with Gasteiger partial charge in [-0.1, -0.05) is 0 Å². The second-order valence-electron chi connectivity index (χ2n) is 3.70. The van der Waals surface area contributed by atoms with E-state index in [0.29, 0.717) is 23.6 Å². The van der Waals surface area contributed by atoms with Crippen molar-refractivity contribution in [3.8, 4) is 11.5 Å². The molecule has 0 aliphatic carbocycles. The van der Waals surface area contributed by atoms with Gasteiger partial charge in [0.15, 0.2) is 0 Å². The average molecular weight is 266 g/mol. The van der Waals surface area contributed by atoms with Gasteiger partial charge in [-0.05, 0) is 25.1 Å². The van der Waals surface area contributed by atoms with Crippen LogP contribution in [0.2, 0.25) is 0 Å². The lowest BCUT2D eigenvalue weighted by Gasteiger charge is -2.10. The van der Waals surface area contributed by atoms with Gasteiger partial charge in [0, 0.05) is 6.54 Å². The summed E-state index contributed by atoms with van der Waals surface area (Å²) >= 11 is 0. The molecule has 2 amide bonds. The zero-order valence-electron chi connectivity index (χ0n) is 11.3. The molecule has 1 aromatic carbocycles. The first-order valence-electron chi connectivity index (χ1n) is 5.89. The number of rotatable bonds is 6. The summed E-state index contributed by atoms with van der Waals surface area (Å²) in [5.74, 6) is 0.345. The van der Waals surface area contributed by atoms with E-state index in [-0.39, 0.29) is 18.4 Å². The smallest absolute Gasteiger partial charge is 0.255 e. The van der Waals surface area contributed by atoms with Crippen LogP contribution in [-0.2, 0) is 4.79 Å². The molecule has 0 fully saturated rings. The third kappa shape index (κ3) is 4.17. The molecule has 0 heterocycles. The number of nitrogens with one attached hydrogen (secondary N) is 2. The first-order valence-corrected chi connectivity index (χ1v) is 5.89. The lowest BCUT2D eigenvalue weighted by molar-refractivity contribution is -0.120. The van der Waals surface area contributed by atoms with Crippen molar-refractivity contribution in [2.75, 3.05) is 27.3 Å². The highest BCUT2D eigenvalue weighted by Gasteiger charge is 2.14. The normalized spacial score (nSPS) is 9.63. The number of hydrogen-bond donors (Lipinski definition) is 2. The Hall–Kier alpha value is -2.24. The van der Waals surface area contributed by atoms with Gasteiger partial charge in [-0.3, -0.25) is 9.59 Å². The van der Waals surface area contributed by atoms with Crippen LogP contribution in [0.4, 0.5) is 0 Å². The Morgan fingerprint density at radius 2 is 1.89 bits per heavy atom. The lowest BCUT2D eigenvalue weighted by atomic mass is 10.1. The number of methoxy groups -OCH3 is 2. The third-order valence-electron chi connectivity index (χ3n) is 2.43. The third-order valence-corrected chi connectivity index (χ3v) is 2.43. The molecule has 1 aromatic rings. The fourth-order valence-corrected chi connectivity index (χ4v) is 1.51. The van der Waals surface area contributed by atoms with Crippen LogP contribution in [0, 0.1) is 0 Å². The zero-order valence-corrected chi connectivity index (χ0v) is 11.3. The molecule has 6 nitrogen and oxygen atoms in total. The molecule has 0 aliphatic rings. The van der Waals surface area contributed by atoms with E-state index in [4.69, 9.17) is 9.47 Å². The van der Waals surface area contributed by atoms with Gasteiger partial charge in [-0.15, -0.1) is 0 Å². The van der Waals surface area contributed by atoms with Crippen molar-refractivity contribution in [2.45, 2.75) is 6.92 Å². The van der Waals surface area contributed by atoms with Gasteiger partial charge in [-0.2, -0.15) is 0 Å². The van der Waals surface area contributed by atoms with Gasteiger partial charge in [-0.25, -0.2) is 0 Å². The molecular weight excluding hydrogens is 248 g/mol. The van der Waals surface area contributed by atoms with Crippen LogP contribution in [0.3, 0.4) is 0 Å². The zero-order chi connectivity index (χ0) is 14.3. The van der Waals surface area contributed by atoms with Crippen molar-refractivity contribution in [3.05, 3.63) is 23.8 Å². The average Bonchev–Trinajstić information content (AvgIpc) is 2.44. The fraction of sp³-hybridized carbons (Fsp3) is 0.385. The van der Waals surface area contributed by atoms with Gasteiger partial charge in [0.1, 0.15) is 11.5 Å². The summed E-state index contributed by atoms with van der Waals surface area (Å²) in [6.45, 7) is 2.26. The molecule has 0 saturated heterocycles. The predicted molar refractivity (Wildman–Crippen MR) is 70.6 cm³/mol. The Morgan fingerprint density at radius 3 is 2.47 bits per heavy atom. The molecule has 0 bridgehead atoms. The first-order chi connectivity index (χ1) is 9.12. The molecule has 104 valence electrons. The van der Waals surface area contributed by atoms with Crippen molar-refractivity contribution < 1.29 is 19.1 Å². The quantitative estimate of drug-likeness (QED) is 0.789. The Kier molecular flexibility index (Phi) is 5.66. The van der Waals surface area contributed by atoms with Crippen molar-refractivity contribution >= 4 is 11.8 Å². The maximum Gasteiger partial charge on any atom is 0.255 e. The van der Waals surface area contributed by atoms with Crippen molar-refractivity contribution in [3.63, 3.8) is 0 Å². The minimum absolute atomic E-state index is 0.0764. The van der Waals surface area contributed by atoms with E-state index in [9.17, 15) is 9.59 Å². The summed E-state index contributed by atoms with van der Waals surface area (Å²) in [4.78, 5) is 23.2. The second kappa shape index (κ2) is 7.25. The van der Waals surface area contributed by atoms with Crippen LogP contribution in [0.1, 0.15) is 17.3 Å². The number of amides is 2. The summed E-state index contributed by atoms with van der Waals surface area (Å²) < 4.78 is 10.2. The number of ether oxygens (including phenoxy) is 2. The highest BCUT2D eigenvalue weighted by molar-refractivity contribution is 5.99. The monoisotopic (exact) mass is 266 g/mol. The summed E-state index contributed by atoms with van der Waals surface area (Å²) in [6.07, 6.45) is 0. The van der Waals surface area contributed by atoms with E-state index in [1.54, 1.807) is 18.2 Å². The number of likely N-dealkylation sites (N-methyl/N-ethyl adjacent to an activating group) is 1. The maximum absolute atomic E-state index is 12.0. The molecule has 0 saturated carbocycles. The molecule has 1 rings (SSSR count). The SMILES string of the molecule is CCNC(=O)CNC(=O)c1cc(OC)ccc1OC. The largest absolute Gasteiger partial charge is 0.497 e. The molecule has 2 N–H and O–H groups in total. The van der Waals surface area contributed by atoms with Gasteiger partial charge in [0.25, 0.3) is 5.91 Å². The van der Waals surface area contributed by atoms with Gasteiger partial charge >= 0.3 is 0 Å². The van der Waals surface area contributed by atoms with Crippen molar-refractivity contribution in [1.29, 1.82) is 0 Å². The Balaban J connectivity index is 2.77. The standard InChI is InChI=1S/C13H18N2O4/c1-4-14-12(16)8-15-13(17)10-7-9(18-2)5-6-11(10)19-3/h5-7H,4,8H2,1-3H3,(H,14,16)(H,15,17). The molecule has 6 heteroatoms. The Labute approximate surface area is 112 Å². The van der Waals surface area contributed by atoms with Crippen LogP contribution < -0.4 is 20.1 Å². The van der Waals surface area contributed by atoms with Crippen LogP contribution in [0.5, 0.6) is 11.5 Å². The molecule has 0 unspecified atom stereocenters. The van der Waals surface area contributed by atoms with E-state index < -0.39 is 0 Å². The van der Waals surface area contributed by atoms with E-state index in [0.717, 1.165) is 0 Å². The van der Waals surface area contributed by atoms with E-state index >= 15 is 0 Å². The molecule has 19 heavy (non-hydrogen) atoms. The van der Waals surface area contributed by atoms with Crippen LogP contribution in [0.15, 0.2) is 18.2 Å². The summed E-state index contributed by atoms with van der Waals surface area (Å²) in [7, 11) is 2.99. The fourth-order valence-electron chi connectivity index (χ4n) is 1.51. The lowest BCUT2D eigenvalue weighted by Crippen LogP contribution is -2.36. The highest BCUT2D eigenvalue weighted by Crippen LogP contribution is 2.23. The van der Waals surface area contributed by atoms with E-state index in [1.807, 2.05) is 6.92 Å². The van der Waals surface area contributed by atoms with Crippen LogP contribution >= 0.6 is 0 Å².